The summed E-state index contributed by atoms with van der Waals surface area (Å²) in [6, 6.07) is 3.96. The Morgan fingerprint density at radius 1 is 1.26 bits per heavy atom. The third-order valence-corrected chi connectivity index (χ3v) is 4.31. The molecule has 1 aliphatic rings. The van der Waals surface area contributed by atoms with Crippen molar-refractivity contribution in [1.29, 1.82) is 0 Å². The van der Waals surface area contributed by atoms with Crippen LogP contribution in [-0.2, 0) is 11.3 Å². The topological polar surface area (TPSA) is 52.0 Å². The molecule has 2 rings (SSSR count). The fourth-order valence-corrected chi connectivity index (χ4v) is 2.98. The normalized spacial score (nSPS) is 15.2. The van der Waals surface area contributed by atoms with Gasteiger partial charge >= 0.3 is 0 Å². The molecular formula is C17H26BrN2O3+. The van der Waals surface area contributed by atoms with E-state index in [-0.39, 0.29) is 11.4 Å². The predicted molar refractivity (Wildman–Crippen MR) is 93.1 cm³/mol. The highest BCUT2D eigenvalue weighted by Gasteiger charge is 2.21. The molecule has 0 aliphatic carbocycles. The second-order valence-electron chi connectivity index (χ2n) is 6.84. The zero-order valence-electron chi connectivity index (χ0n) is 14.3. The maximum absolute atomic E-state index is 12.1. The molecular weight excluding hydrogens is 360 g/mol. The SMILES string of the molecule is CC[NH+](CC(=O)NC(C)(C)C)Cc1cc2c(cc1Br)OCCO2. The average molecular weight is 386 g/mol. The van der Waals surface area contributed by atoms with E-state index >= 15 is 0 Å². The van der Waals surface area contributed by atoms with Gasteiger partial charge in [-0.15, -0.1) is 0 Å². The summed E-state index contributed by atoms with van der Waals surface area (Å²) in [5.74, 6) is 1.63. The van der Waals surface area contributed by atoms with Gasteiger partial charge in [0.05, 0.1) is 6.54 Å². The smallest absolute Gasteiger partial charge is 0.275 e. The highest BCUT2D eigenvalue weighted by molar-refractivity contribution is 9.10. The van der Waals surface area contributed by atoms with Crippen LogP contribution in [0.2, 0.25) is 0 Å². The zero-order valence-corrected chi connectivity index (χ0v) is 15.9. The molecule has 0 aromatic heterocycles. The van der Waals surface area contributed by atoms with Crippen molar-refractivity contribution in [2.45, 2.75) is 39.8 Å². The van der Waals surface area contributed by atoms with E-state index in [1.54, 1.807) is 0 Å². The molecule has 23 heavy (non-hydrogen) atoms. The number of benzene rings is 1. The van der Waals surface area contributed by atoms with E-state index in [9.17, 15) is 4.79 Å². The van der Waals surface area contributed by atoms with Crippen LogP contribution in [0.3, 0.4) is 0 Å². The molecule has 0 bridgehead atoms. The van der Waals surface area contributed by atoms with E-state index in [2.05, 4.69) is 28.2 Å². The first kappa shape index (κ1) is 18.1. The Morgan fingerprint density at radius 2 is 1.87 bits per heavy atom. The summed E-state index contributed by atoms with van der Waals surface area (Å²) in [7, 11) is 0. The number of quaternary nitrogens is 1. The zero-order chi connectivity index (χ0) is 17.0. The van der Waals surface area contributed by atoms with Gasteiger partial charge < -0.3 is 19.7 Å². The number of ether oxygens (including phenoxy) is 2. The minimum absolute atomic E-state index is 0.0722. The summed E-state index contributed by atoms with van der Waals surface area (Å²) >= 11 is 3.60. The van der Waals surface area contributed by atoms with E-state index in [0.717, 1.165) is 34.6 Å². The number of nitrogens with one attached hydrogen (secondary N) is 2. The lowest BCUT2D eigenvalue weighted by atomic mass is 10.1. The van der Waals surface area contributed by atoms with Gasteiger partial charge in [-0.2, -0.15) is 0 Å². The van der Waals surface area contributed by atoms with Crippen molar-refractivity contribution in [3.63, 3.8) is 0 Å². The van der Waals surface area contributed by atoms with Crippen molar-refractivity contribution in [1.82, 2.24) is 5.32 Å². The van der Waals surface area contributed by atoms with Crippen molar-refractivity contribution in [2.24, 2.45) is 0 Å². The van der Waals surface area contributed by atoms with Crippen molar-refractivity contribution >= 4 is 21.8 Å². The summed E-state index contributed by atoms with van der Waals surface area (Å²) in [4.78, 5) is 13.3. The summed E-state index contributed by atoms with van der Waals surface area (Å²) in [6.07, 6.45) is 0. The molecule has 0 spiro atoms. The predicted octanol–water partition coefficient (Wildman–Crippen LogP) is 1.54. The van der Waals surface area contributed by atoms with Gasteiger partial charge in [0.25, 0.3) is 5.91 Å². The van der Waals surface area contributed by atoms with Gasteiger partial charge in [-0.05, 0) is 39.8 Å². The Balaban J connectivity index is 2.05. The number of fused-ring (bicyclic) bond motifs is 1. The van der Waals surface area contributed by atoms with Crippen molar-refractivity contribution in [3.8, 4) is 11.5 Å². The number of likely N-dealkylation sites (N-methyl/N-ethyl adjacent to an activating group) is 1. The Kier molecular flexibility index (Phi) is 5.92. The molecule has 0 saturated heterocycles. The molecule has 0 radical (unpaired) electrons. The van der Waals surface area contributed by atoms with Crippen LogP contribution in [0.4, 0.5) is 0 Å². The number of carbonyl (C=O) groups excluding carboxylic acids is 1. The van der Waals surface area contributed by atoms with E-state index in [1.165, 1.54) is 4.90 Å². The van der Waals surface area contributed by atoms with Gasteiger partial charge in [0.2, 0.25) is 0 Å². The molecule has 1 aromatic rings. The van der Waals surface area contributed by atoms with Crippen LogP contribution in [0.1, 0.15) is 33.3 Å². The number of carbonyl (C=O) groups is 1. The van der Waals surface area contributed by atoms with E-state index in [1.807, 2.05) is 32.9 Å². The third kappa shape index (κ3) is 5.39. The molecule has 6 heteroatoms. The summed E-state index contributed by atoms with van der Waals surface area (Å²) in [6.45, 7) is 11.3. The molecule has 1 unspecified atom stereocenters. The molecule has 128 valence electrons. The highest BCUT2D eigenvalue weighted by Crippen LogP contribution is 2.35. The fourth-order valence-electron chi connectivity index (χ4n) is 2.51. The van der Waals surface area contributed by atoms with Gasteiger partial charge in [0.15, 0.2) is 18.0 Å². The second kappa shape index (κ2) is 7.53. The van der Waals surface area contributed by atoms with E-state index in [0.29, 0.717) is 19.8 Å². The van der Waals surface area contributed by atoms with Crippen LogP contribution in [0, 0.1) is 0 Å². The van der Waals surface area contributed by atoms with E-state index in [4.69, 9.17) is 9.47 Å². The fraction of sp³-hybridized carbons (Fsp3) is 0.588. The molecule has 1 amide bonds. The Bertz CT molecular complexity index is 570. The molecule has 1 heterocycles. The minimum atomic E-state index is -0.201. The second-order valence-corrected chi connectivity index (χ2v) is 7.70. The molecule has 5 nitrogen and oxygen atoms in total. The molecule has 0 saturated carbocycles. The van der Waals surface area contributed by atoms with Crippen LogP contribution >= 0.6 is 15.9 Å². The number of halogens is 1. The number of rotatable bonds is 5. The van der Waals surface area contributed by atoms with Crippen LogP contribution in [0.5, 0.6) is 11.5 Å². The van der Waals surface area contributed by atoms with Crippen LogP contribution in [-0.4, -0.2) is 37.7 Å². The minimum Gasteiger partial charge on any atom is -0.486 e. The van der Waals surface area contributed by atoms with E-state index < -0.39 is 0 Å². The third-order valence-electron chi connectivity index (χ3n) is 3.58. The van der Waals surface area contributed by atoms with Gasteiger partial charge in [0, 0.05) is 15.6 Å². The monoisotopic (exact) mass is 385 g/mol. The van der Waals surface area contributed by atoms with Crippen molar-refractivity contribution < 1.29 is 19.2 Å². The lowest BCUT2D eigenvalue weighted by molar-refractivity contribution is -0.904. The summed E-state index contributed by atoms with van der Waals surface area (Å²) in [5.41, 5.74) is 0.919. The lowest BCUT2D eigenvalue weighted by Crippen LogP contribution is -3.11. The first-order valence-corrected chi connectivity index (χ1v) is 8.80. The first-order valence-electron chi connectivity index (χ1n) is 8.01. The highest BCUT2D eigenvalue weighted by atomic mass is 79.9. The van der Waals surface area contributed by atoms with Crippen LogP contribution in [0.25, 0.3) is 0 Å². The van der Waals surface area contributed by atoms with Crippen LogP contribution < -0.4 is 19.7 Å². The summed E-state index contributed by atoms with van der Waals surface area (Å²) < 4.78 is 12.2. The quantitative estimate of drug-likeness (QED) is 0.808. The Morgan fingerprint density at radius 3 is 2.43 bits per heavy atom. The molecule has 2 N–H and O–H groups in total. The molecule has 1 atom stereocenters. The standard InChI is InChI=1S/C17H25BrN2O3/c1-5-20(11-16(21)19-17(2,3)4)10-12-8-14-15(9-13(12)18)23-7-6-22-14/h8-9H,5-7,10-11H2,1-4H3,(H,19,21)/p+1. The van der Waals surface area contributed by atoms with Gasteiger partial charge in [0.1, 0.15) is 19.8 Å². The van der Waals surface area contributed by atoms with Gasteiger partial charge in [-0.25, -0.2) is 0 Å². The van der Waals surface area contributed by atoms with Gasteiger partial charge in [-0.3, -0.25) is 4.79 Å². The number of hydrogen-bond donors (Lipinski definition) is 2. The maximum atomic E-state index is 12.1. The number of hydrogen-bond acceptors (Lipinski definition) is 3. The Labute approximate surface area is 146 Å². The van der Waals surface area contributed by atoms with Crippen molar-refractivity contribution in [2.75, 3.05) is 26.3 Å². The van der Waals surface area contributed by atoms with Crippen LogP contribution in [0.15, 0.2) is 16.6 Å². The molecule has 0 fully saturated rings. The molecule has 1 aromatic carbocycles. The van der Waals surface area contributed by atoms with Gasteiger partial charge in [-0.1, -0.05) is 15.9 Å². The maximum Gasteiger partial charge on any atom is 0.275 e. The Hall–Kier alpha value is -1.27. The average Bonchev–Trinajstić information content (AvgIpc) is 2.45. The van der Waals surface area contributed by atoms with Crippen molar-refractivity contribution in [3.05, 3.63) is 22.2 Å². The lowest BCUT2D eigenvalue weighted by Gasteiger charge is -2.24. The number of amides is 1. The first-order chi connectivity index (χ1) is 10.8. The molecule has 1 aliphatic heterocycles. The largest absolute Gasteiger partial charge is 0.486 e. The summed E-state index contributed by atoms with van der Waals surface area (Å²) in [5, 5.41) is 3.02.